The van der Waals surface area contributed by atoms with E-state index in [0.29, 0.717) is 0 Å². The van der Waals surface area contributed by atoms with Crippen LogP contribution >= 0.6 is 35.4 Å². The molecule has 3 aromatic rings. The summed E-state index contributed by atoms with van der Waals surface area (Å²) < 4.78 is 45.1. The first-order valence-corrected chi connectivity index (χ1v) is 9.68. The molecule has 1 heterocycles. The molecule has 0 fully saturated rings. The molecule has 3 rings (SSSR count). The molecule has 0 bridgehead atoms. The molecule has 0 atom stereocenters. The molecular weight excluding hydrogens is 460 g/mol. The van der Waals surface area contributed by atoms with Gasteiger partial charge in [0.2, 0.25) is 0 Å². The lowest BCUT2D eigenvalue weighted by Crippen LogP contribution is -2.20. The number of thiocarbonyl (C=S) groups is 1. The van der Waals surface area contributed by atoms with E-state index in [9.17, 15) is 13.2 Å². The summed E-state index contributed by atoms with van der Waals surface area (Å²) in [7, 11) is 0. The van der Waals surface area contributed by atoms with Gasteiger partial charge in [-0.25, -0.2) is 4.39 Å². The maximum absolute atomic E-state index is 14.0. The number of hydrogen-bond donors (Lipinski definition) is 2. The highest BCUT2D eigenvalue weighted by atomic mass is 35.5. The van der Waals surface area contributed by atoms with E-state index in [4.69, 9.17) is 35.4 Å². The predicted molar refractivity (Wildman–Crippen MR) is 115 cm³/mol. The smallest absolute Gasteiger partial charge is 0.387 e. The van der Waals surface area contributed by atoms with Crippen LogP contribution < -0.4 is 15.4 Å². The van der Waals surface area contributed by atoms with E-state index in [1.165, 1.54) is 29.1 Å². The number of rotatable bonds is 6. The lowest BCUT2D eigenvalue weighted by atomic mass is 10.2. The number of alkyl halides is 2. The fourth-order valence-corrected chi connectivity index (χ4v) is 3.24. The van der Waals surface area contributed by atoms with E-state index < -0.39 is 12.4 Å². The fourth-order valence-electron chi connectivity index (χ4n) is 2.61. The second-order valence-corrected chi connectivity index (χ2v) is 7.40. The Bertz CT molecular complexity index is 1060. The lowest BCUT2D eigenvalue weighted by molar-refractivity contribution is -0.0493. The molecule has 2 aromatic carbocycles. The van der Waals surface area contributed by atoms with E-state index in [1.54, 1.807) is 25.1 Å². The molecule has 11 heteroatoms. The van der Waals surface area contributed by atoms with Gasteiger partial charge in [-0.05, 0) is 49.0 Å². The average Bonchev–Trinajstić information content (AvgIpc) is 2.99. The van der Waals surface area contributed by atoms with Crippen molar-refractivity contribution in [1.29, 1.82) is 0 Å². The van der Waals surface area contributed by atoms with Crippen molar-refractivity contribution >= 4 is 52.0 Å². The Morgan fingerprint density at radius 3 is 2.67 bits per heavy atom. The van der Waals surface area contributed by atoms with Crippen molar-refractivity contribution in [2.75, 3.05) is 10.6 Å². The molecule has 2 N–H and O–H groups in total. The molecule has 0 unspecified atom stereocenters. The third-order valence-electron chi connectivity index (χ3n) is 3.93. The highest BCUT2D eigenvalue weighted by Gasteiger charge is 2.15. The van der Waals surface area contributed by atoms with Gasteiger partial charge in [-0.15, -0.1) is 0 Å². The zero-order valence-corrected chi connectivity index (χ0v) is 17.8. The summed E-state index contributed by atoms with van der Waals surface area (Å²) in [5, 5.41) is 10.3. The molecule has 0 spiro atoms. The van der Waals surface area contributed by atoms with Crippen molar-refractivity contribution in [2.45, 2.75) is 20.1 Å². The summed E-state index contributed by atoms with van der Waals surface area (Å²) in [6.07, 6.45) is 1.48. The highest BCUT2D eigenvalue weighted by molar-refractivity contribution is 7.80. The van der Waals surface area contributed by atoms with Crippen LogP contribution in [0.5, 0.6) is 5.75 Å². The Hall–Kier alpha value is -2.49. The van der Waals surface area contributed by atoms with Crippen molar-refractivity contribution in [3.63, 3.8) is 0 Å². The number of hydrogen-bond acceptors (Lipinski definition) is 3. The fraction of sp³-hybridized carbons (Fsp3) is 0.158. The van der Waals surface area contributed by atoms with Gasteiger partial charge >= 0.3 is 6.61 Å². The van der Waals surface area contributed by atoms with Crippen LogP contribution in [0.15, 0.2) is 42.6 Å². The number of ether oxygens (including phenoxy) is 1. The first-order valence-electron chi connectivity index (χ1n) is 8.52. The van der Waals surface area contributed by atoms with Crippen LogP contribution in [0.2, 0.25) is 10.0 Å². The number of aryl methyl sites for hydroxylation is 1. The third kappa shape index (κ3) is 5.56. The molecule has 0 amide bonds. The molecule has 5 nitrogen and oxygen atoms in total. The molecule has 0 saturated heterocycles. The van der Waals surface area contributed by atoms with Gasteiger partial charge < -0.3 is 15.4 Å². The summed E-state index contributed by atoms with van der Waals surface area (Å²) in [4.78, 5) is 0. The van der Waals surface area contributed by atoms with Crippen LogP contribution in [0.25, 0.3) is 0 Å². The lowest BCUT2D eigenvalue weighted by Gasteiger charge is -2.14. The summed E-state index contributed by atoms with van der Waals surface area (Å²) >= 11 is 17.4. The van der Waals surface area contributed by atoms with Gasteiger partial charge in [-0.2, -0.15) is 13.9 Å². The molecule has 158 valence electrons. The summed E-state index contributed by atoms with van der Waals surface area (Å²) in [6.45, 7) is -1.14. The zero-order valence-electron chi connectivity index (χ0n) is 15.4. The number of benzene rings is 2. The monoisotopic (exact) mass is 474 g/mol. The number of nitrogens with zero attached hydrogens (tertiary/aromatic N) is 2. The predicted octanol–water partition coefficient (Wildman–Crippen LogP) is 6.10. The van der Waals surface area contributed by atoms with Crippen molar-refractivity contribution in [2.24, 2.45) is 0 Å². The number of anilines is 2. The first-order chi connectivity index (χ1) is 14.2. The summed E-state index contributed by atoms with van der Waals surface area (Å²) in [5.74, 6) is -0.331. The molecule has 30 heavy (non-hydrogen) atoms. The Morgan fingerprint density at radius 1 is 1.20 bits per heavy atom. The second-order valence-electron chi connectivity index (χ2n) is 6.18. The summed E-state index contributed by atoms with van der Waals surface area (Å²) in [6, 6.07) is 9.02. The quantitative estimate of drug-likeness (QED) is 0.423. The normalized spacial score (nSPS) is 10.9. The third-order valence-corrected chi connectivity index (χ3v) is 4.76. The van der Waals surface area contributed by atoms with Crippen molar-refractivity contribution in [3.8, 4) is 5.75 Å². The number of nitrogens with one attached hydrogen (secondary N) is 2. The van der Waals surface area contributed by atoms with Gasteiger partial charge in [-0.1, -0.05) is 35.3 Å². The van der Waals surface area contributed by atoms with E-state index in [2.05, 4.69) is 20.5 Å². The average molecular weight is 475 g/mol. The summed E-state index contributed by atoms with van der Waals surface area (Å²) in [5.41, 5.74) is 1.33. The van der Waals surface area contributed by atoms with Gasteiger partial charge in [0.05, 0.1) is 12.2 Å². The van der Waals surface area contributed by atoms with Crippen molar-refractivity contribution in [1.82, 2.24) is 9.78 Å². The maximum atomic E-state index is 14.0. The first kappa shape index (κ1) is 22.2. The SMILES string of the molecule is Cc1ccc(OC(F)F)c(NC(=S)Nc2nn(Cc3c(F)cccc3Cl)cc2Cl)c1. The number of aromatic nitrogens is 2. The Morgan fingerprint density at radius 2 is 1.97 bits per heavy atom. The molecule has 0 aliphatic rings. The Kier molecular flexibility index (Phi) is 7.06. The van der Waals surface area contributed by atoms with Crippen LogP contribution in [-0.2, 0) is 6.54 Å². The van der Waals surface area contributed by atoms with Gasteiger partial charge in [0.15, 0.2) is 10.9 Å². The molecular formula is C19H15Cl2F3N4OS. The topological polar surface area (TPSA) is 51.1 Å². The Labute approximate surface area is 185 Å². The molecule has 0 radical (unpaired) electrons. The molecule has 0 aliphatic heterocycles. The zero-order chi connectivity index (χ0) is 21.8. The van der Waals surface area contributed by atoms with Gasteiger partial charge in [0.1, 0.15) is 16.6 Å². The van der Waals surface area contributed by atoms with E-state index in [1.807, 2.05) is 0 Å². The van der Waals surface area contributed by atoms with Crippen molar-refractivity contribution < 1.29 is 17.9 Å². The van der Waals surface area contributed by atoms with Crippen molar-refractivity contribution in [3.05, 3.63) is 69.6 Å². The van der Waals surface area contributed by atoms with Crippen LogP contribution in [0.3, 0.4) is 0 Å². The maximum Gasteiger partial charge on any atom is 0.387 e. The minimum Gasteiger partial charge on any atom is -0.433 e. The standard InChI is InChI=1S/C19H15Cl2F3N4OS/c1-10-5-6-16(29-18(23)24)15(7-10)25-19(30)26-17-13(21)9-28(27-17)8-11-12(20)3-2-4-14(11)22/h2-7,9,18H,8H2,1H3,(H2,25,26,27,30). The van der Waals surface area contributed by atoms with E-state index in [-0.39, 0.29) is 44.5 Å². The van der Waals surface area contributed by atoms with Gasteiger partial charge in [0.25, 0.3) is 0 Å². The minimum atomic E-state index is -2.98. The second kappa shape index (κ2) is 9.55. The molecule has 1 aromatic heterocycles. The van der Waals surface area contributed by atoms with E-state index in [0.717, 1.165) is 5.56 Å². The molecule has 0 aliphatic carbocycles. The van der Waals surface area contributed by atoms with E-state index >= 15 is 0 Å². The van der Waals surface area contributed by atoms with Crippen LogP contribution in [0.4, 0.5) is 24.7 Å². The molecule has 0 saturated carbocycles. The van der Waals surface area contributed by atoms with Gasteiger partial charge in [-0.3, -0.25) is 4.68 Å². The number of halogens is 5. The van der Waals surface area contributed by atoms with Crippen LogP contribution in [0.1, 0.15) is 11.1 Å². The minimum absolute atomic E-state index is 0.0517. The van der Waals surface area contributed by atoms with Crippen LogP contribution in [0, 0.1) is 12.7 Å². The van der Waals surface area contributed by atoms with Gasteiger partial charge in [0, 0.05) is 16.8 Å². The van der Waals surface area contributed by atoms with Crippen LogP contribution in [-0.4, -0.2) is 21.5 Å². The highest BCUT2D eigenvalue weighted by Crippen LogP contribution is 2.28. The Balaban J connectivity index is 1.73. The largest absolute Gasteiger partial charge is 0.433 e.